The van der Waals surface area contributed by atoms with Crippen molar-refractivity contribution < 1.29 is 14.1 Å². The monoisotopic (exact) mass is 328 g/mol. The molecule has 1 aliphatic rings. The summed E-state index contributed by atoms with van der Waals surface area (Å²) in [5, 5.41) is 6.91. The van der Waals surface area contributed by atoms with Crippen molar-refractivity contribution in [2.75, 3.05) is 11.9 Å². The fraction of sp³-hybridized carbons (Fsp3) is 0.474. The number of unbranched alkanes of at least 4 members (excludes halogenated alkanes) is 2. The molecule has 0 spiro atoms. The van der Waals surface area contributed by atoms with Crippen molar-refractivity contribution in [2.45, 2.75) is 51.9 Å². The topological polar surface area (TPSA) is 64.4 Å². The minimum absolute atomic E-state index is 0.196. The van der Waals surface area contributed by atoms with E-state index < -0.39 is 0 Å². The molecule has 0 atom stereocenters. The summed E-state index contributed by atoms with van der Waals surface area (Å²) in [6.07, 6.45) is 7.41. The Morgan fingerprint density at radius 2 is 2.17 bits per heavy atom. The number of nitrogens with one attached hydrogen (secondary N) is 1. The number of amides is 1. The number of ether oxygens (including phenoxy) is 1. The molecule has 1 aromatic carbocycles. The van der Waals surface area contributed by atoms with E-state index in [2.05, 4.69) is 17.4 Å². The molecule has 1 aromatic heterocycles. The van der Waals surface area contributed by atoms with E-state index in [9.17, 15) is 4.79 Å². The van der Waals surface area contributed by atoms with Crippen LogP contribution in [0.15, 0.2) is 28.8 Å². The van der Waals surface area contributed by atoms with E-state index in [1.54, 1.807) is 12.1 Å². The summed E-state index contributed by atoms with van der Waals surface area (Å²) in [5.41, 5.74) is 2.58. The summed E-state index contributed by atoms with van der Waals surface area (Å²) in [5.74, 6) is 1.01. The largest absolute Gasteiger partial charge is 0.494 e. The molecule has 5 heteroatoms. The van der Waals surface area contributed by atoms with Gasteiger partial charge in [-0.1, -0.05) is 31.0 Å². The van der Waals surface area contributed by atoms with Gasteiger partial charge in [0.1, 0.15) is 5.75 Å². The van der Waals surface area contributed by atoms with Gasteiger partial charge in [-0.15, -0.1) is 0 Å². The first-order valence-electron chi connectivity index (χ1n) is 8.79. The van der Waals surface area contributed by atoms with Crippen LogP contribution in [0.2, 0.25) is 0 Å². The van der Waals surface area contributed by atoms with Gasteiger partial charge in [0.25, 0.3) is 5.91 Å². The van der Waals surface area contributed by atoms with Crippen LogP contribution in [0.1, 0.15) is 60.6 Å². The predicted molar refractivity (Wildman–Crippen MR) is 92.6 cm³/mol. The van der Waals surface area contributed by atoms with Crippen LogP contribution < -0.4 is 10.1 Å². The summed E-state index contributed by atoms with van der Waals surface area (Å²) >= 11 is 0. The highest BCUT2D eigenvalue weighted by Gasteiger charge is 2.21. The van der Waals surface area contributed by atoms with Crippen molar-refractivity contribution in [1.82, 2.24) is 5.16 Å². The first kappa shape index (κ1) is 16.6. The quantitative estimate of drug-likeness (QED) is 0.766. The molecule has 128 valence electrons. The third kappa shape index (κ3) is 3.96. The second kappa shape index (κ2) is 7.99. The highest BCUT2D eigenvalue weighted by atomic mass is 16.5. The number of nitrogens with zero attached hydrogens (tertiary/aromatic N) is 1. The lowest BCUT2D eigenvalue weighted by molar-refractivity contribution is 0.102. The lowest BCUT2D eigenvalue weighted by Gasteiger charge is -2.10. The predicted octanol–water partition coefficient (Wildman–Crippen LogP) is 4.37. The minimum atomic E-state index is -0.196. The lowest BCUT2D eigenvalue weighted by Crippen LogP contribution is -2.13. The average molecular weight is 328 g/mol. The van der Waals surface area contributed by atoms with Crippen LogP contribution in [0, 0.1) is 0 Å². The van der Waals surface area contributed by atoms with Gasteiger partial charge in [-0.25, -0.2) is 0 Å². The van der Waals surface area contributed by atoms with Crippen molar-refractivity contribution in [3.8, 4) is 5.75 Å². The van der Waals surface area contributed by atoms with Crippen molar-refractivity contribution in [1.29, 1.82) is 0 Å². The van der Waals surface area contributed by atoms with Crippen LogP contribution in [0.25, 0.3) is 0 Å². The maximum atomic E-state index is 12.5. The minimum Gasteiger partial charge on any atom is -0.494 e. The number of carbonyl (C=O) groups excluding carboxylic acids is 1. The SMILES string of the molecule is CCCCCOc1cccc(C(=O)Nc2onc3c2CCCC3)c1. The molecular weight excluding hydrogens is 304 g/mol. The molecule has 0 aliphatic heterocycles. The van der Waals surface area contributed by atoms with Crippen LogP contribution in [0.5, 0.6) is 5.75 Å². The molecule has 3 rings (SSSR count). The first-order valence-corrected chi connectivity index (χ1v) is 8.79. The molecule has 24 heavy (non-hydrogen) atoms. The van der Waals surface area contributed by atoms with Crippen LogP contribution in [-0.4, -0.2) is 17.7 Å². The second-order valence-corrected chi connectivity index (χ2v) is 6.18. The fourth-order valence-electron chi connectivity index (χ4n) is 2.93. The van der Waals surface area contributed by atoms with Crippen molar-refractivity contribution >= 4 is 11.8 Å². The van der Waals surface area contributed by atoms with Crippen LogP contribution in [0.3, 0.4) is 0 Å². The summed E-state index contributed by atoms with van der Waals surface area (Å²) in [7, 11) is 0. The van der Waals surface area contributed by atoms with E-state index in [0.29, 0.717) is 18.1 Å². The Hall–Kier alpha value is -2.30. The van der Waals surface area contributed by atoms with Crippen LogP contribution >= 0.6 is 0 Å². The standard InChI is InChI=1S/C19H24N2O3/c1-2-3-6-12-23-15-9-7-8-14(13-15)18(22)20-19-16-10-4-5-11-17(16)21-24-19/h7-9,13H,2-6,10-12H2,1H3,(H,20,22). The van der Waals surface area contributed by atoms with Gasteiger partial charge in [0, 0.05) is 11.1 Å². The molecule has 0 bridgehead atoms. The smallest absolute Gasteiger partial charge is 0.258 e. The molecule has 0 radical (unpaired) electrons. The number of hydrogen-bond acceptors (Lipinski definition) is 4. The number of anilines is 1. The highest BCUT2D eigenvalue weighted by Crippen LogP contribution is 2.28. The first-order chi connectivity index (χ1) is 11.8. The summed E-state index contributed by atoms with van der Waals surface area (Å²) in [6.45, 7) is 2.84. The maximum absolute atomic E-state index is 12.5. The number of benzene rings is 1. The summed E-state index contributed by atoms with van der Waals surface area (Å²) in [4.78, 5) is 12.5. The Morgan fingerprint density at radius 3 is 3.04 bits per heavy atom. The van der Waals surface area contributed by atoms with Gasteiger partial charge in [0.15, 0.2) is 0 Å². The fourth-order valence-corrected chi connectivity index (χ4v) is 2.93. The average Bonchev–Trinajstić information content (AvgIpc) is 3.02. The maximum Gasteiger partial charge on any atom is 0.258 e. The Morgan fingerprint density at radius 1 is 1.29 bits per heavy atom. The van der Waals surface area contributed by atoms with Gasteiger partial charge >= 0.3 is 0 Å². The molecule has 2 aromatic rings. The molecule has 1 heterocycles. The number of carbonyl (C=O) groups is 1. The highest BCUT2D eigenvalue weighted by molar-refractivity contribution is 6.04. The normalized spacial score (nSPS) is 13.4. The third-order valence-corrected chi connectivity index (χ3v) is 4.30. The van der Waals surface area contributed by atoms with Gasteiger partial charge in [-0.3, -0.25) is 10.1 Å². The molecule has 0 saturated heterocycles. The second-order valence-electron chi connectivity index (χ2n) is 6.18. The zero-order valence-electron chi connectivity index (χ0n) is 14.1. The summed E-state index contributed by atoms with van der Waals surface area (Å²) < 4.78 is 11.0. The number of aryl methyl sites for hydroxylation is 1. The molecule has 5 nitrogen and oxygen atoms in total. The molecule has 1 N–H and O–H groups in total. The Kier molecular flexibility index (Phi) is 5.51. The van der Waals surface area contributed by atoms with E-state index in [1.165, 1.54) is 0 Å². The van der Waals surface area contributed by atoms with Gasteiger partial charge < -0.3 is 9.26 Å². The van der Waals surface area contributed by atoms with E-state index in [0.717, 1.165) is 62.0 Å². The molecular formula is C19H24N2O3. The number of rotatable bonds is 7. The van der Waals surface area contributed by atoms with Crippen molar-refractivity contribution in [3.63, 3.8) is 0 Å². The van der Waals surface area contributed by atoms with Crippen LogP contribution in [0.4, 0.5) is 5.88 Å². The zero-order valence-corrected chi connectivity index (χ0v) is 14.1. The van der Waals surface area contributed by atoms with Gasteiger partial charge in [0.2, 0.25) is 5.88 Å². The van der Waals surface area contributed by atoms with Gasteiger partial charge in [0.05, 0.1) is 12.3 Å². The van der Waals surface area contributed by atoms with E-state index in [-0.39, 0.29) is 5.91 Å². The third-order valence-electron chi connectivity index (χ3n) is 4.30. The number of aromatic nitrogens is 1. The molecule has 1 aliphatic carbocycles. The Labute approximate surface area is 142 Å². The number of fused-ring (bicyclic) bond motifs is 1. The molecule has 1 amide bonds. The molecule has 0 fully saturated rings. The lowest BCUT2D eigenvalue weighted by atomic mass is 9.97. The van der Waals surface area contributed by atoms with Gasteiger partial charge in [-0.05, 0) is 50.3 Å². The Bertz CT molecular complexity index is 694. The van der Waals surface area contributed by atoms with Crippen LogP contribution in [-0.2, 0) is 12.8 Å². The van der Waals surface area contributed by atoms with Gasteiger partial charge in [-0.2, -0.15) is 0 Å². The van der Waals surface area contributed by atoms with E-state index in [4.69, 9.17) is 9.26 Å². The number of hydrogen-bond donors (Lipinski definition) is 1. The Balaban J connectivity index is 1.63. The zero-order chi connectivity index (χ0) is 16.8. The van der Waals surface area contributed by atoms with E-state index >= 15 is 0 Å². The van der Waals surface area contributed by atoms with Crippen molar-refractivity contribution in [3.05, 3.63) is 41.1 Å². The molecule has 0 unspecified atom stereocenters. The summed E-state index contributed by atoms with van der Waals surface area (Å²) in [6, 6.07) is 7.25. The van der Waals surface area contributed by atoms with E-state index in [1.807, 2.05) is 12.1 Å². The van der Waals surface area contributed by atoms with Crippen molar-refractivity contribution in [2.24, 2.45) is 0 Å². The molecule has 0 saturated carbocycles.